The van der Waals surface area contributed by atoms with Crippen LogP contribution in [0.4, 0.5) is 0 Å². The maximum Gasteiger partial charge on any atom is 0.275 e. The van der Waals surface area contributed by atoms with Gasteiger partial charge in [0, 0.05) is 18.0 Å². The van der Waals surface area contributed by atoms with Gasteiger partial charge in [0.25, 0.3) is 5.91 Å². The van der Waals surface area contributed by atoms with Crippen molar-refractivity contribution >= 4 is 17.2 Å². The number of aliphatic hydroxyl groups is 1. The predicted octanol–water partition coefficient (Wildman–Crippen LogP) is 1.09. The average Bonchev–Trinajstić information content (AvgIpc) is 2.76. The van der Waals surface area contributed by atoms with Gasteiger partial charge in [-0.25, -0.2) is 5.84 Å². The average molecular weight is 283 g/mol. The third-order valence-electron chi connectivity index (χ3n) is 3.55. The first-order chi connectivity index (χ1) is 9.00. The van der Waals surface area contributed by atoms with E-state index in [1.165, 1.54) is 11.3 Å². The van der Waals surface area contributed by atoms with Crippen molar-refractivity contribution in [2.24, 2.45) is 5.84 Å². The third kappa shape index (κ3) is 4.01. The summed E-state index contributed by atoms with van der Waals surface area (Å²) >= 11 is 1.47. The van der Waals surface area contributed by atoms with Gasteiger partial charge >= 0.3 is 0 Å². The number of carbonyl (C=O) groups excluding carboxylic acids is 1. The van der Waals surface area contributed by atoms with Crippen molar-refractivity contribution < 1.29 is 9.90 Å². The van der Waals surface area contributed by atoms with Crippen LogP contribution in [0.5, 0.6) is 0 Å². The van der Waals surface area contributed by atoms with Gasteiger partial charge in [-0.15, -0.1) is 11.3 Å². The van der Waals surface area contributed by atoms with Crippen molar-refractivity contribution in [3.63, 3.8) is 0 Å². The molecule has 1 aromatic heterocycles. The second-order valence-electron chi connectivity index (χ2n) is 5.37. The van der Waals surface area contributed by atoms with Gasteiger partial charge in [-0.2, -0.15) is 0 Å². The summed E-state index contributed by atoms with van der Waals surface area (Å²) in [6.45, 7) is 4.62. The SMILES string of the molecule is CC1(O)CCCN(Cc2ccc(C(=O)NN)s2)CC1. The Morgan fingerprint density at radius 3 is 3.05 bits per heavy atom. The molecule has 1 aromatic rings. The van der Waals surface area contributed by atoms with Crippen molar-refractivity contribution in [2.45, 2.75) is 38.3 Å². The standard InChI is InChI=1S/C13H21N3O2S/c1-13(18)5-2-7-16(8-6-13)9-10-3-4-11(19-10)12(17)15-14/h3-4,18H,2,5-9,14H2,1H3,(H,15,17). The van der Waals surface area contributed by atoms with Gasteiger partial charge in [0.15, 0.2) is 0 Å². The van der Waals surface area contributed by atoms with E-state index in [2.05, 4.69) is 10.3 Å². The zero-order valence-corrected chi connectivity index (χ0v) is 12.0. The van der Waals surface area contributed by atoms with Crippen LogP contribution in [0.15, 0.2) is 12.1 Å². The van der Waals surface area contributed by atoms with Gasteiger partial charge in [-0.05, 0) is 44.9 Å². The second kappa shape index (κ2) is 6.00. The molecule has 0 aliphatic carbocycles. The van der Waals surface area contributed by atoms with E-state index in [0.717, 1.165) is 43.8 Å². The highest BCUT2D eigenvalue weighted by molar-refractivity contribution is 7.14. The van der Waals surface area contributed by atoms with Crippen molar-refractivity contribution in [3.05, 3.63) is 21.9 Å². The third-order valence-corrected chi connectivity index (χ3v) is 4.62. The van der Waals surface area contributed by atoms with Gasteiger partial charge in [0.2, 0.25) is 0 Å². The van der Waals surface area contributed by atoms with E-state index in [1.54, 1.807) is 6.07 Å². The molecule has 19 heavy (non-hydrogen) atoms. The first-order valence-corrected chi connectivity index (χ1v) is 7.36. The first-order valence-electron chi connectivity index (χ1n) is 6.54. The Labute approximate surface area is 117 Å². The van der Waals surface area contributed by atoms with Gasteiger partial charge in [-0.1, -0.05) is 0 Å². The van der Waals surface area contributed by atoms with E-state index < -0.39 is 5.60 Å². The van der Waals surface area contributed by atoms with E-state index in [1.807, 2.05) is 13.0 Å². The number of hydrazine groups is 1. The number of nitrogen functional groups attached to an aromatic ring is 1. The molecule has 1 atom stereocenters. The molecule has 1 fully saturated rings. The molecule has 0 spiro atoms. The number of carbonyl (C=O) groups is 1. The van der Waals surface area contributed by atoms with E-state index in [-0.39, 0.29) is 5.91 Å². The Morgan fingerprint density at radius 1 is 1.53 bits per heavy atom. The van der Waals surface area contributed by atoms with Gasteiger partial charge in [-0.3, -0.25) is 15.1 Å². The Hall–Kier alpha value is -0.950. The minimum absolute atomic E-state index is 0.241. The monoisotopic (exact) mass is 283 g/mol. The highest BCUT2D eigenvalue weighted by Crippen LogP contribution is 2.24. The smallest absolute Gasteiger partial charge is 0.275 e. The first kappa shape index (κ1) is 14.5. The van der Waals surface area contributed by atoms with Crippen LogP contribution in [-0.2, 0) is 6.54 Å². The van der Waals surface area contributed by atoms with Crippen LogP contribution in [0.3, 0.4) is 0 Å². The fraction of sp³-hybridized carbons (Fsp3) is 0.615. The highest BCUT2D eigenvalue weighted by atomic mass is 32.1. The summed E-state index contributed by atoms with van der Waals surface area (Å²) < 4.78 is 0. The number of nitrogens with zero attached hydrogens (tertiary/aromatic N) is 1. The van der Waals surface area contributed by atoms with E-state index in [0.29, 0.717) is 4.88 Å². The minimum Gasteiger partial charge on any atom is -0.390 e. The molecule has 106 valence electrons. The lowest BCUT2D eigenvalue weighted by Crippen LogP contribution is -2.29. The van der Waals surface area contributed by atoms with Crippen molar-refractivity contribution in [2.75, 3.05) is 13.1 Å². The number of thiophene rings is 1. The molecule has 6 heteroatoms. The lowest BCUT2D eigenvalue weighted by molar-refractivity contribution is 0.0444. The maximum absolute atomic E-state index is 11.4. The molecular weight excluding hydrogens is 262 g/mol. The molecule has 2 heterocycles. The normalized spacial score (nSPS) is 25.0. The van der Waals surface area contributed by atoms with Crippen LogP contribution >= 0.6 is 11.3 Å². The molecule has 5 nitrogen and oxygen atoms in total. The maximum atomic E-state index is 11.4. The molecule has 1 aliphatic rings. The molecular formula is C13H21N3O2S. The number of nitrogens with one attached hydrogen (secondary N) is 1. The lowest BCUT2D eigenvalue weighted by Gasteiger charge is -2.21. The molecule has 0 aromatic carbocycles. The molecule has 1 saturated heterocycles. The van der Waals surface area contributed by atoms with Gasteiger partial charge < -0.3 is 5.11 Å². The number of likely N-dealkylation sites (tertiary alicyclic amines) is 1. The minimum atomic E-state index is -0.533. The van der Waals surface area contributed by atoms with Crippen molar-refractivity contribution in [1.29, 1.82) is 0 Å². The molecule has 0 saturated carbocycles. The molecule has 0 bridgehead atoms. The number of hydrogen-bond donors (Lipinski definition) is 3. The van der Waals surface area contributed by atoms with Crippen LogP contribution in [0, 0.1) is 0 Å². The molecule has 2 rings (SSSR count). The van der Waals surface area contributed by atoms with Crippen LogP contribution in [0.1, 0.15) is 40.7 Å². The molecule has 1 aliphatic heterocycles. The number of nitrogens with two attached hydrogens (primary N) is 1. The molecule has 0 radical (unpaired) electrons. The Morgan fingerprint density at radius 2 is 2.32 bits per heavy atom. The van der Waals surface area contributed by atoms with Crippen LogP contribution < -0.4 is 11.3 Å². The number of rotatable bonds is 3. The fourth-order valence-electron chi connectivity index (χ4n) is 2.35. The molecule has 1 amide bonds. The largest absolute Gasteiger partial charge is 0.390 e. The highest BCUT2D eigenvalue weighted by Gasteiger charge is 2.25. The zero-order chi connectivity index (χ0) is 13.9. The number of amides is 1. The Kier molecular flexibility index (Phi) is 4.57. The van der Waals surface area contributed by atoms with Crippen LogP contribution in [0.25, 0.3) is 0 Å². The molecule has 4 N–H and O–H groups in total. The summed E-state index contributed by atoms with van der Waals surface area (Å²) in [4.78, 5) is 15.5. The summed E-state index contributed by atoms with van der Waals surface area (Å²) in [7, 11) is 0. The Balaban J connectivity index is 1.94. The van der Waals surface area contributed by atoms with Gasteiger partial charge in [0.1, 0.15) is 0 Å². The summed E-state index contributed by atoms with van der Waals surface area (Å²) in [5, 5.41) is 10.1. The summed E-state index contributed by atoms with van der Waals surface area (Å²) in [5.41, 5.74) is 1.61. The summed E-state index contributed by atoms with van der Waals surface area (Å²) in [5.74, 6) is 4.88. The Bertz CT molecular complexity index is 445. The summed E-state index contributed by atoms with van der Waals surface area (Å²) in [6.07, 6.45) is 2.66. The fourth-order valence-corrected chi connectivity index (χ4v) is 3.31. The second-order valence-corrected chi connectivity index (χ2v) is 6.53. The zero-order valence-electron chi connectivity index (χ0n) is 11.2. The van der Waals surface area contributed by atoms with Crippen LogP contribution in [-0.4, -0.2) is 34.6 Å². The van der Waals surface area contributed by atoms with E-state index >= 15 is 0 Å². The van der Waals surface area contributed by atoms with Crippen LogP contribution in [0.2, 0.25) is 0 Å². The quantitative estimate of drug-likeness (QED) is 0.441. The topological polar surface area (TPSA) is 78.6 Å². The van der Waals surface area contributed by atoms with Crippen molar-refractivity contribution in [3.8, 4) is 0 Å². The lowest BCUT2D eigenvalue weighted by atomic mass is 9.98. The van der Waals surface area contributed by atoms with Gasteiger partial charge in [0.05, 0.1) is 10.5 Å². The number of hydrogen-bond acceptors (Lipinski definition) is 5. The predicted molar refractivity (Wildman–Crippen MR) is 75.7 cm³/mol. The van der Waals surface area contributed by atoms with Crippen molar-refractivity contribution in [1.82, 2.24) is 10.3 Å². The van der Waals surface area contributed by atoms with E-state index in [9.17, 15) is 9.90 Å². The van der Waals surface area contributed by atoms with E-state index in [4.69, 9.17) is 5.84 Å². The summed E-state index contributed by atoms with van der Waals surface area (Å²) in [6, 6.07) is 3.77. The molecule has 1 unspecified atom stereocenters.